The van der Waals surface area contributed by atoms with E-state index in [1.165, 1.54) is 0 Å². The van der Waals surface area contributed by atoms with Crippen LogP contribution in [0.5, 0.6) is 0 Å². The van der Waals surface area contributed by atoms with Gasteiger partial charge < -0.3 is 20.5 Å². The van der Waals surface area contributed by atoms with E-state index >= 15 is 0 Å². The van der Waals surface area contributed by atoms with Crippen LogP contribution in [-0.4, -0.2) is 41.8 Å². The molecule has 0 bridgehead atoms. The van der Waals surface area contributed by atoms with Crippen molar-refractivity contribution in [3.8, 4) is 11.1 Å². The molecular formula is C28H36N2O5. The lowest BCUT2D eigenvalue weighted by Crippen LogP contribution is -2.48. The maximum Gasteiger partial charge on any atom is 0.407 e. The minimum Gasteiger partial charge on any atom is -0.481 e. The number of hydrogen-bond donors (Lipinski definition) is 3. The van der Waals surface area contributed by atoms with Crippen molar-refractivity contribution in [2.45, 2.75) is 65.5 Å². The Labute approximate surface area is 207 Å². The summed E-state index contributed by atoms with van der Waals surface area (Å²) in [6.45, 7) is 9.63. The van der Waals surface area contributed by atoms with Gasteiger partial charge in [0, 0.05) is 18.0 Å². The third kappa shape index (κ3) is 6.84. The van der Waals surface area contributed by atoms with E-state index in [4.69, 9.17) is 4.74 Å². The molecule has 3 rings (SSSR count). The summed E-state index contributed by atoms with van der Waals surface area (Å²) >= 11 is 0. The molecule has 3 N–H and O–H groups in total. The van der Waals surface area contributed by atoms with Gasteiger partial charge in [0.15, 0.2) is 0 Å². The molecule has 0 heterocycles. The predicted octanol–water partition coefficient (Wildman–Crippen LogP) is 4.95. The quantitative estimate of drug-likeness (QED) is 0.471. The number of carboxylic acid groups (broad SMARTS) is 1. The monoisotopic (exact) mass is 480 g/mol. The minimum absolute atomic E-state index is 0.0432. The number of carbonyl (C=O) groups is 3. The molecule has 188 valence electrons. The second kappa shape index (κ2) is 10.9. The third-order valence-electron chi connectivity index (χ3n) is 6.48. The van der Waals surface area contributed by atoms with Gasteiger partial charge in [-0.25, -0.2) is 4.79 Å². The Morgan fingerprint density at radius 2 is 1.49 bits per heavy atom. The molecule has 0 aromatic heterocycles. The fourth-order valence-electron chi connectivity index (χ4n) is 4.63. The Morgan fingerprint density at radius 3 is 2.00 bits per heavy atom. The number of aliphatic carboxylic acids is 1. The predicted molar refractivity (Wildman–Crippen MR) is 135 cm³/mol. The van der Waals surface area contributed by atoms with Crippen LogP contribution in [0.15, 0.2) is 48.5 Å². The van der Waals surface area contributed by atoms with Crippen LogP contribution in [0.2, 0.25) is 0 Å². The third-order valence-corrected chi connectivity index (χ3v) is 6.48. The molecule has 35 heavy (non-hydrogen) atoms. The normalized spacial score (nSPS) is 15.3. The fourth-order valence-corrected chi connectivity index (χ4v) is 4.63. The number of alkyl carbamates (subject to hydrolysis) is 1. The Balaban J connectivity index is 1.56. The van der Waals surface area contributed by atoms with E-state index in [-0.39, 0.29) is 30.3 Å². The van der Waals surface area contributed by atoms with Crippen molar-refractivity contribution in [2.24, 2.45) is 11.3 Å². The second-order valence-corrected chi connectivity index (χ2v) is 10.6. The van der Waals surface area contributed by atoms with Crippen LogP contribution in [-0.2, 0) is 14.3 Å². The number of benzene rings is 2. The minimum atomic E-state index is -0.961. The lowest BCUT2D eigenvalue weighted by Gasteiger charge is -2.28. The number of carboxylic acids is 1. The van der Waals surface area contributed by atoms with Crippen LogP contribution >= 0.6 is 0 Å². The van der Waals surface area contributed by atoms with E-state index in [0.717, 1.165) is 22.3 Å². The first-order chi connectivity index (χ1) is 16.5. The average molecular weight is 481 g/mol. The van der Waals surface area contributed by atoms with Gasteiger partial charge in [-0.2, -0.15) is 0 Å². The Morgan fingerprint density at radius 1 is 0.943 bits per heavy atom. The van der Waals surface area contributed by atoms with E-state index in [9.17, 15) is 19.5 Å². The van der Waals surface area contributed by atoms with Gasteiger partial charge in [0.05, 0.1) is 12.3 Å². The van der Waals surface area contributed by atoms with Crippen LogP contribution in [0.4, 0.5) is 4.79 Å². The van der Waals surface area contributed by atoms with Crippen molar-refractivity contribution in [1.29, 1.82) is 0 Å². The summed E-state index contributed by atoms with van der Waals surface area (Å²) < 4.78 is 5.58. The number of amides is 2. The van der Waals surface area contributed by atoms with Crippen molar-refractivity contribution in [2.75, 3.05) is 6.61 Å². The maximum absolute atomic E-state index is 12.8. The van der Waals surface area contributed by atoms with Gasteiger partial charge in [-0.1, -0.05) is 76.2 Å². The molecule has 0 saturated carbocycles. The SMILES string of the molecule is CC(NC(=O)OCC1c2ccccc2-c2ccccc21)C(C)C(=O)NC(CC(=O)O)CC(C)(C)C. The summed E-state index contributed by atoms with van der Waals surface area (Å²) in [5.74, 6) is -1.87. The molecule has 7 nitrogen and oxygen atoms in total. The van der Waals surface area contributed by atoms with Crippen LogP contribution in [0.25, 0.3) is 11.1 Å². The molecule has 0 fully saturated rings. The van der Waals surface area contributed by atoms with Crippen molar-refractivity contribution >= 4 is 18.0 Å². The first kappa shape index (κ1) is 26.3. The summed E-state index contributed by atoms with van der Waals surface area (Å²) in [4.78, 5) is 36.6. The topological polar surface area (TPSA) is 105 Å². The van der Waals surface area contributed by atoms with Crippen molar-refractivity contribution in [1.82, 2.24) is 10.6 Å². The molecule has 1 aliphatic rings. The molecule has 7 heteroatoms. The number of ether oxygens (including phenoxy) is 1. The molecule has 0 aliphatic heterocycles. The zero-order valence-electron chi connectivity index (χ0n) is 21.1. The number of hydrogen-bond acceptors (Lipinski definition) is 4. The number of nitrogens with one attached hydrogen (secondary N) is 2. The van der Waals surface area contributed by atoms with Crippen molar-refractivity contribution in [3.63, 3.8) is 0 Å². The first-order valence-electron chi connectivity index (χ1n) is 12.1. The number of carbonyl (C=O) groups excluding carboxylic acids is 2. The van der Waals surface area contributed by atoms with Crippen molar-refractivity contribution in [3.05, 3.63) is 59.7 Å². The summed E-state index contributed by atoms with van der Waals surface area (Å²) in [5, 5.41) is 14.8. The molecule has 3 unspecified atom stereocenters. The molecule has 0 saturated heterocycles. The van der Waals surface area contributed by atoms with Crippen LogP contribution in [0.3, 0.4) is 0 Å². The molecule has 3 atom stereocenters. The molecular weight excluding hydrogens is 444 g/mol. The van der Waals surface area contributed by atoms with Gasteiger partial charge in [0.25, 0.3) is 0 Å². The highest BCUT2D eigenvalue weighted by atomic mass is 16.5. The van der Waals surface area contributed by atoms with Gasteiger partial charge in [0.1, 0.15) is 6.61 Å². The van der Waals surface area contributed by atoms with E-state index in [0.29, 0.717) is 6.42 Å². The van der Waals surface area contributed by atoms with Gasteiger partial charge in [-0.05, 0) is 41.0 Å². The van der Waals surface area contributed by atoms with Crippen molar-refractivity contribution < 1.29 is 24.2 Å². The number of rotatable bonds is 9. The summed E-state index contributed by atoms with van der Waals surface area (Å²) in [6.07, 6.45) is -0.202. The maximum atomic E-state index is 12.8. The summed E-state index contributed by atoms with van der Waals surface area (Å²) in [5.41, 5.74) is 4.43. The smallest absolute Gasteiger partial charge is 0.407 e. The first-order valence-corrected chi connectivity index (χ1v) is 12.1. The lowest BCUT2D eigenvalue weighted by atomic mass is 9.86. The van der Waals surface area contributed by atoms with Crippen LogP contribution in [0.1, 0.15) is 64.5 Å². The fraction of sp³-hybridized carbons (Fsp3) is 0.464. The van der Waals surface area contributed by atoms with E-state index in [2.05, 4.69) is 34.9 Å². The summed E-state index contributed by atoms with van der Waals surface area (Å²) in [7, 11) is 0. The summed E-state index contributed by atoms with van der Waals surface area (Å²) in [6, 6.07) is 15.3. The average Bonchev–Trinajstić information content (AvgIpc) is 3.09. The molecule has 2 amide bonds. The Hall–Kier alpha value is -3.35. The zero-order valence-corrected chi connectivity index (χ0v) is 21.1. The molecule has 1 aliphatic carbocycles. The zero-order chi connectivity index (χ0) is 25.8. The van der Waals surface area contributed by atoms with Gasteiger partial charge in [-0.3, -0.25) is 9.59 Å². The highest BCUT2D eigenvalue weighted by Gasteiger charge is 2.30. The number of fused-ring (bicyclic) bond motifs is 3. The van der Waals surface area contributed by atoms with E-state index in [1.807, 2.05) is 45.0 Å². The van der Waals surface area contributed by atoms with Crippen LogP contribution in [0, 0.1) is 11.3 Å². The molecule has 0 radical (unpaired) electrons. The van der Waals surface area contributed by atoms with Gasteiger partial charge in [-0.15, -0.1) is 0 Å². The second-order valence-electron chi connectivity index (χ2n) is 10.6. The standard InChI is InChI=1S/C28H36N2O5/c1-17(26(33)30-19(14-25(31)32)15-28(3,4)5)18(2)29-27(34)35-16-24-22-12-8-6-10-20(22)21-11-7-9-13-23(21)24/h6-13,17-19,24H,14-16H2,1-5H3,(H,29,34)(H,30,33)(H,31,32). The molecule has 2 aromatic rings. The Kier molecular flexibility index (Phi) is 8.20. The van der Waals surface area contributed by atoms with E-state index in [1.54, 1.807) is 13.8 Å². The highest BCUT2D eigenvalue weighted by molar-refractivity contribution is 5.81. The van der Waals surface area contributed by atoms with Crippen LogP contribution < -0.4 is 10.6 Å². The van der Waals surface area contributed by atoms with E-state index < -0.39 is 30.1 Å². The lowest BCUT2D eigenvalue weighted by molar-refractivity contribution is -0.138. The molecule has 0 spiro atoms. The van der Waals surface area contributed by atoms with Gasteiger partial charge >= 0.3 is 12.1 Å². The molecule has 2 aromatic carbocycles. The largest absolute Gasteiger partial charge is 0.481 e. The van der Waals surface area contributed by atoms with Gasteiger partial charge in [0.2, 0.25) is 5.91 Å². The Bertz CT molecular complexity index is 1030. The highest BCUT2D eigenvalue weighted by Crippen LogP contribution is 2.44.